The van der Waals surface area contributed by atoms with Crippen LogP contribution in [-0.4, -0.2) is 30.4 Å². The van der Waals surface area contributed by atoms with Gasteiger partial charge < -0.3 is 15.2 Å². The highest BCUT2D eigenvalue weighted by molar-refractivity contribution is 6.30. The fraction of sp³-hybridized carbons (Fsp3) is 0.625. The smallest absolute Gasteiger partial charge is 0.120 e. The quantitative estimate of drug-likeness (QED) is 0.847. The van der Waals surface area contributed by atoms with Gasteiger partial charge in [-0.25, -0.2) is 0 Å². The van der Waals surface area contributed by atoms with Crippen molar-refractivity contribution in [3.05, 3.63) is 29.3 Å². The maximum atomic E-state index is 9.95. The standard InChI is InChI=1S/C16H24ClNO2/c1-16(2)7-6-13(9-16)18-10-14(19)11-20-15-5-3-4-12(17)8-15/h3-5,8,13-14,18-19H,6-7,9-11H2,1-2H3. The zero-order valence-corrected chi connectivity index (χ0v) is 13.0. The number of aliphatic hydroxyl groups is 1. The van der Waals surface area contributed by atoms with Gasteiger partial charge in [0.15, 0.2) is 0 Å². The first-order chi connectivity index (χ1) is 9.44. The summed E-state index contributed by atoms with van der Waals surface area (Å²) in [4.78, 5) is 0. The van der Waals surface area contributed by atoms with E-state index in [-0.39, 0.29) is 6.61 Å². The number of aliphatic hydroxyl groups excluding tert-OH is 1. The van der Waals surface area contributed by atoms with Crippen LogP contribution in [0.1, 0.15) is 33.1 Å². The summed E-state index contributed by atoms with van der Waals surface area (Å²) in [7, 11) is 0. The number of hydrogen-bond acceptors (Lipinski definition) is 3. The van der Waals surface area contributed by atoms with E-state index in [0.29, 0.717) is 28.8 Å². The molecule has 2 rings (SSSR count). The summed E-state index contributed by atoms with van der Waals surface area (Å²) in [6.07, 6.45) is 3.11. The molecular formula is C16H24ClNO2. The Balaban J connectivity index is 1.67. The maximum Gasteiger partial charge on any atom is 0.120 e. The Morgan fingerprint density at radius 2 is 2.30 bits per heavy atom. The van der Waals surface area contributed by atoms with Gasteiger partial charge in [0.05, 0.1) is 0 Å². The average Bonchev–Trinajstić information content (AvgIpc) is 2.74. The lowest BCUT2D eigenvalue weighted by Crippen LogP contribution is -2.37. The van der Waals surface area contributed by atoms with Crippen molar-refractivity contribution < 1.29 is 9.84 Å². The predicted molar refractivity (Wildman–Crippen MR) is 82.4 cm³/mol. The van der Waals surface area contributed by atoms with Crippen molar-refractivity contribution in [2.75, 3.05) is 13.2 Å². The van der Waals surface area contributed by atoms with Gasteiger partial charge in [-0.05, 0) is 42.9 Å². The lowest BCUT2D eigenvalue weighted by molar-refractivity contribution is 0.103. The van der Waals surface area contributed by atoms with Crippen molar-refractivity contribution in [2.24, 2.45) is 5.41 Å². The first-order valence-electron chi connectivity index (χ1n) is 7.24. The summed E-state index contributed by atoms with van der Waals surface area (Å²) in [5.41, 5.74) is 0.430. The van der Waals surface area contributed by atoms with Crippen LogP contribution in [0.15, 0.2) is 24.3 Å². The van der Waals surface area contributed by atoms with E-state index >= 15 is 0 Å². The molecule has 0 radical (unpaired) electrons. The number of halogens is 1. The van der Waals surface area contributed by atoms with E-state index in [0.717, 1.165) is 0 Å². The third-order valence-electron chi connectivity index (χ3n) is 3.85. The Hall–Kier alpha value is -0.770. The molecule has 1 aliphatic carbocycles. The van der Waals surface area contributed by atoms with Crippen molar-refractivity contribution in [1.82, 2.24) is 5.32 Å². The summed E-state index contributed by atoms with van der Waals surface area (Å²) in [5.74, 6) is 0.693. The lowest BCUT2D eigenvalue weighted by atomic mass is 9.92. The van der Waals surface area contributed by atoms with Crippen molar-refractivity contribution in [1.29, 1.82) is 0 Å². The lowest BCUT2D eigenvalue weighted by Gasteiger charge is -2.19. The molecule has 20 heavy (non-hydrogen) atoms. The zero-order valence-electron chi connectivity index (χ0n) is 12.2. The van der Waals surface area contributed by atoms with Gasteiger partial charge in [-0.3, -0.25) is 0 Å². The Labute approximate surface area is 126 Å². The molecule has 0 bridgehead atoms. The molecule has 4 heteroatoms. The van der Waals surface area contributed by atoms with Crippen LogP contribution < -0.4 is 10.1 Å². The van der Waals surface area contributed by atoms with Gasteiger partial charge in [0.1, 0.15) is 18.5 Å². The number of nitrogens with one attached hydrogen (secondary N) is 1. The highest BCUT2D eigenvalue weighted by Gasteiger charge is 2.30. The second-order valence-electron chi connectivity index (χ2n) is 6.43. The van der Waals surface area contributed by atoms with Crippen LogP contribution in [0.4, 0.5) is 0 Å². The van der Waals surface area contributed by atoms with Crippen molar-refractivity contribution in [2.45, 2.75) is 45.3 Å². The van der Waals surface area contributed by atoms with Gasteiger partial charge in [0, 0.05) is 17.6 Å². The molecule has 0 aliphatic heterocycles. The molecule has 1 fully saturated rings. The van der Waals surface area contributed by atoms with Crippen LogP contribution in [-0.2, 0) is 0 Å². The normalized spacial score (nSPS) is 22.7. The molecule has 1 aromatic carbocycles. The predicted octanol–water partition coefficient (Wildman–Crippen LogP) is 3.25. The second kappa shape index (κ2) is 6.79. The average molecular weight is 298 g/mol. The number of ether oxygens (including phenoxy) is 1. The van der Waals surface area contributed by atoms with E-state index in [1.807, 2.05) is 12.1 Å². The summed E-state index contributed by atoms with van der Waals surface area (Å²) in [5, 5.41) is 14.0. The summed E-state index contributed by atoms with van der Waals surface area (Å²) < 4.78 is 5.53. The van der Waals surface area contributed by atoms with Crippen LogP contribution in [0.3, 0.4) is 0 Å². The molecule has 0 saturated heterocycles. The molecule has 1 saturated carbocycles. The molecule has 112 valence electrons. The fourth-order valence-corrected chi connectivity index (χ4v) is 2.90. The van der Waals surface area contributed by atoms with Gasteiger partial charge in [-0.2, -0.15) is 0 Å². The zero-order chi connectivity index (χ0) is 14.6. The van der Waals surface area contributed by atoms with Crippen molar-refractivity contribution in [3.8, 4) is 5.75 Å². The van der Waals surface area contributed by atoms with E-state index in [4.69, 9.17) is 16.3 Å². The first-order valence-corrected chi connectivity index (χ1v) is 7.62. The van der Waals surface area contributed by atoms with E-state index in [9.17, 15) is 5.11 Å². The fourth-order valence-electron chi connectivity index (χ4n) is 2.72. The van der Waals surface area contributed by atoms with E-state index in [2.05, 4.69) is 19.2 Å². The second-order valence-corrected chi connectivity index (χ2v) is 6.87. The van der Waals surface area contributed by atoms with E-state index in [1.165, 1.54) is 19.3 Å². The molecule has 1 aliphatic rings. The van der Waals surface area contributed by atoms with Crippen LogP contribution >= 0.6 is 11.6 Å². The van der Waals surface area contributed by atoms with Gasteiger partial charge >= 0.3 is 0 Å². The Bertz CT molecular complexity index is 436. The van der Waals surface area contributed by atoms with Gasteiger partial charge in [0.25, 0.3) is 0 Å². The summed E-state index contributed by atoms with van der Waals surface area (Å²) in [6, 6.07) is 7.75. The van der Waals surface area contributed by atoms with Gasteiger partial charge in [-0.1, -0.05) is 31.5 Å². The molecule has 0 heterocycles. The van der Waals surface area contributed by atoms with Crippen molar-refractivity contribution in [3.63, 3.8) is 0 Å². The minimum Gasteiger partial charge on any atom is -0.491 e. The number of benzene rings is 1. The third kappa shape index (κ3) is 4.97. The molecular weight excluding hydrogens is 274 g/mol. The van der Waals surface area contributed by atoms with Crippen LogP contribution in [0.2, 0.25) is 5.02 Å². The highest BCUT2D eigenvalue weighted by Crippen LogP contribution is 2.36. The Kier molecular flexibility index (Phi) is 5.30. The largest absolute Gasteiger partial charge is 0.491 e. The number of hydrogen-bond donors (Lipinski definition) is 2. The summed E-state index contributed by atoms with van der Waals surface area (Å²) in [6.45, 7) is 5.45. The Morgan fingerprint density at radius 1 is 1.50 bits per heavy atom. The highest BCUT2D eigenvalue weighted by atomic mass is 35.5. The molecule has 2 unspecified atom stereocenters. The van der Waals surface area contributed by atoms with Crippen molar-refractivity contribution >= 4 is 11.6 Å². The van der Waals surface area contributed by atoms with Gasteiger partial charge in [-0.15, -0.1) is 0 Å². The monoisotopic (exact) mass is 297 g/mol. The topological polar surface area (TPSA) is 41.5 Å². The number of rotatable bonds is 6. The Morgan fingerprint density at radius 3 is 2.95 bits per heavy atom. The molecule has 0 amide bonds. The molecule has 0 spiro atoms. The molecule has 3 nitrogen and oxygen atoms in total. The van der Waals surface area contributed by atoms with Crippen LogP contribution in [0.5, 0.6) is 5.75 Å². The summed E-state index contributed by atoms with van der Waals surface area (Å²) >= 11 is 5.88. The van der Waals surface area contributed by atoms with E-state index in [1.54, 1.807) is 12.1 Å². The van der Waals surface area contributed by atoms with Crippen LogP contribution in [0.25, 0.3) is 0 Å². The SMILES string of the molecule is CC1(C)CCC(NCC(O)COc2cccc(Cl)c2)C1. The maximum absolute atomic E-state index is 9.95. The van der Waals surface area contributed by atoms with Crippen LogP contribution in [0, 0.1) is 5.41 Å². The molecule has 1 aromatic rings. The minimum absolute atomic E-state index is 0.281. The third-order valence-corrected chi connectivity index (χ3v) is 4.08. The van der Waals surface area contributed by atoms with Gasteiger partial charge in [0.2, 0.25) is 0 Å². The molecule has 0 aromatic heterocycles. The molecule has 2 atom stereocenters. The molecule has 2 N–H and O–H groups in total. The first kappa shape index (κ1) is 15.6. The van der Waals surface area contributed by atoms with E-state index < -0.39 is 6.10 Å². The minimum atomic E-state index is -0.502.